The van der Waals surface area contributed by atoms with Gasteiger partial charge >= 0.3 is 0 Å². The molecule has 0 unspecified atom stereocenters. The first-order chi connectivity index (χ1) is 5.11. The molecule has 1 heterocycles. The normalized spacial score (nSPS) is 17.4. The lowest BCUT2D eigenvalue weighted by atomic mass is 10.2. The molecule has 0 atom stereocenters. The second-order valence-corrected chi connectivity index (χ2v) is 2.33. The maximum atomic E-state index is 10.3. The van der Waals surface area contributed by atoms with E-state index in [4.69, 9.17) is 5.73 Å². The molecule has 1 aliphatic rings. The Morgan fingerprint density at radius 2 is 2.45 bits per heavy atom. The van der Waals surface area contributed by atoms with E-state index in [2.05, 4.69) is 5.32 Å². The van der Waals surface area contributed by atoms with Crippen LogP contribution in [0.2, 0.25) is 0 Å². The van der Waals surface area contributed by atoms with Gasteiger partial charge in [-0.2, -0.15) is 0 Å². The highest BCUT2D eigenvalue weighted by Crippen LogP contribution is 2.12. The van der Waals surface area contributed by atoms with Crippen molar-refractivity contribution in [3.63, 3.8) is 0 Å². The Morgan fingerprint density at radius 1 is 1.82 bits per heavy atom. The summed E-state index contributed by atoms with van der Waals surface area (Å²) in [5.74, 6) is 0.148. The van der Waals surface area contributed by atoms with E-state index >= 15 is 0 Å². The minimum absolute atomic E-state index is 0.0376. The second kappa shape index (κ2) is 2.61. The summed E-state index contributed by atoms with van der Waals surface area (Å²) in [6, 6.07) is 0. The molecule has 0 bridgehead atoms. The SMILES string of the molecule is CC1=CCC([N+](=O)[O-])=C(N)N1. The molecule has 3 N–H and O–H groups in total. The molecule has 0 aromatic rings. The number of hydrogen-bond acceptors (Lipinski definition) is 4. The van der Waals surface area contributed by atoms with E-state index in [0.717, 1.165) is 5.70 Å². The fourth-order valence-corrected chi connectivity index (χ4v) is 0.868. The first kappa shape index (κ1) is 7.59. The Morgan fingerprint density at radius 3 is 2.91 bits per heavy atom. The molecule has 0 saturated heterocycles. The highest BCUT2D eigenvalue weighted by Gasteiger charge is 2.18. The third kappa shape index (κ3) is 1.49. The smallest absolute Gasteiger partial charge is 0.289 e. The summed E-state index contributed by atoms with van der Waals surface area (Å²) in [5.41, 5.74) is 6.25. The summed E-state index contributed by atoms with van der Waals surface area (Å²) in [5, 5.41) is 13.0. The molecule has 0 fully saturated rings. The van der Waals surface area contributed by atoms with Crippen LogP contribution in [0.5, 0.6) is 0 Å². The van der Waals surface area contributed by atoms with E-state index in [9.17, 15) is 10.1 Å². The van der Waals surface area contributed by atoms with Gasteiger partial charge in [0.15, 0.2) is 5.82 Å². The minimum Gasteiger partial charge on any atom is -0.380 e. The van der Waals surface area contributed by atoms with E-state index in [1.54, 1.807) is 6.08 Å². The lowest BCUT2D eigenvalue weighted by Gasteiger charge is -2.11. The molecule has 0 spiro atoms. The third-order valence-corrected chi connectivity index (χ3v) is 1.46. The van der Waals surface area contributed by atoms with E-state index in [1.165, 1.54) is 0 Å². The number of dihydropyridines is 1. The van der Waals surface area contributed by atoms with Crippen molar-refractivity contribution in [2.45, 2.75) is 13.3 Å². The Hall–Kier alpha value is -1.52. The van der Waals surface area contributed by atoms with Crippen LogP contribution in [-0.2, 0) is 0 Å². The molecule has 5 nitrogen and oxygen atoms in total. The lowest BCUT2D eigenvalue weighted by Crippen LogP contribution is -2.25. The topological polar surface area (TPSA) is 81.2 Å². The maximum Gasteiger partial charge on any atom is 0.289 e. The van der Waals surface area contributed by atoms with Crippen LogP contribution in [-0.4, -0.2) is 4.92 Å². The van der Waals surface area contributed by atoms with E-state index in [0.29, 0.717) is 6.42 Å². The highest BCUT2D eigenvalue weighted by atomic mass is 16.6. The van der Waals surface area contributed by atoms with Gasteiger partial charge in [-0.1, -0.05) is 6.08 Å². The van der Waals surface area contributed by atoms with Crippen molar-refractivity contribution in [2.24, 2.45) is 5.73 Å². The molecule has 5 heteroatoms. The van der Waals surface area contributed by atoms with Crippen LogP contribution in [0.25, 0.3) is 0 Å². The van der Waals surface area contributed by atoms with Crippen molar-refractivity contribution < 1.29 is 4.92 Å². The van der Waals surface area contributed by atoms with Crippen molar-refractivity contribution in [1.82, 2.24) is 5.32 Å². The molecular formula is C6H9N3O2. The minimum atomic E-state index is -0.467. The van der Waals surface area contributed by atoms with Crippen LogP contribution in [0.4, 0.5) is 0 Å². The van der Waals surface area contributed by atoms with Crippen molar-refractivity contribution in [3.05, 3.63) is 33.4 Å². The number of nitrogens with zero attached hydrogens (tertiary/aromatic N) is 1. The Labute approximate surface area is 63.7 Å². The first-order valence-corrected chi connectivity index (χ1v) is 3.18. The van der Waals surface area contributed by atoms with Crippen LogP contribution >= 0.6 is 0 Å². The van der Waals surface area contributed by atoms with Gasteiger partial charge in [-0.05, 0) is 6.92 Å². The van der Waals surface area contributed by atoms with Crippen molar-refractivity contribution in [1.29, 1.82) is 0 Å². The molecule has 0 aromatic heterocycles. The van der Waals surface area contributed by atoms with Gasteiger partial charge in [0.1, 0.15) is 0 Å². The molecule has 1 rings (SSSR count). The van der Waals surface area contributed by atoms with E-state index in [1.807, 2.05) is 6.92 Å². The fraction of sp³-hybridized carbons (Fsp3) is 0.333. The van der Waals surface area contributed by atoms with Gasteiger partial charge in [-0.3, -0.25) is 10.1 Å². The van der Waals surface area contributed by atoms with Crippen molar-refractivity contribution in [2.75, 3.05) is 0 Å². The largest absolute Gasteiger partial charge is 0.380 e. The van der Waals surface area contributed by atoms with Gasteiger partial charge in [-0.15, -0.1) is 0 Å². The molecule has 0 radical (unpaired) electrons. The van der Waals surface area contributed by atoms with Gasteiger partial charge in [0.2, 0.25) is 0 Å². The average Bonchev–Trinajstić information content (AvgIpc) is 1.85. The number of hydrogen-bond donors (Lipinski definition) is 2. The highest BCUT2D eigenvalue weighted by molar-refractivity contribution is 5.18. The number of allylic oxidation sites excluding steroid dienone is 2. The second-order valence-electron chi connectivity index (χ2n) is 2.33. The van der Waals surface area contributed by atoms with Crippen LogP contribution in [0.15, 0.2) is 23.3 Å². The summed E-state index contributed by atoms with van der Waals surface area (Å²) in [7, 11) is 0. The van der Waals surface area contributed by atoms with Crippen LogP contribution < -0.4 is 11.1 Å². The lowest BCUT2D eigenvalue weighted by molar-refractivity contribution is -0.428. The predicted molar refractivity (Wildman–Crippen MR) is 39.7 cm³/mol. The summed E-state index contributed by atoms with van der Waals surface area (Å²) < 4.78 is 0. The molecular weight excluding hydrogens is 146 g/mol. The monoisotopic (exact) mass is 155 g/mol. The number of nitrogens with two attached hydrogens (primary N) is 1. The van der Waals surface area contributed by atoms with Gasteiger partial charge in [0.05, 0.1) is 11.3 Å². The summed E-state index contributed by atoms with van der Waals surface area (Å²) in [4.78, 5) is 9.80. The van der Waals surface area contributed by atoms with E-state index < -0.39 is 4.92 Å². The number of nitro groups is 1. The van der Waals surface area contributed by atoms with Crippen molar-refractivity contribution >= 4 is 0 Å². The zero-order valence-corrected chi connectivity index (χ0v) is 6.13. The fourth-order valence-electron chi connectivity index (χ4n) is 0.868. The summed E-state index contributed by atoms with van der Waals surface area (Å²) in [6.07, 6.45) is 2.03. The molecule has 60 valence electrons. The van der Waals surface area contributed by atoms with Crippen LogP contribution in [0.1, 0.15) is 13.3 Å². The summed E-state index contributed by atoms with van der Waals surface area (Å²) >= 11 is 0. The molecule has 0 amide bonds. The van der Waals surface area contributed by atoms with Gasteiger partial charge < -0.3 is 11.1 Å². The molecule has 11 heavy (non-hydrogen) atoms. The van der Waals surface area contributed by atoms with Crippen LogP contribution in [0.3, 0.4) is 0 Å². The molecule has 0 aliphatic carbocycles. The molecule has 0 aromatic carbocycles. The predicted octanol–water partition coefficient (Wildman–Crippen LogP) is 0.288. The number of nitrogens with one attached hydrogen (secondary N) is 1. The Kier molecular flexibility index (Phi) is 1.80. The zero-order valence-electron chi connectivity index (χ0n) is 6.13. The third-order valence-electron chi connectivity index (χ3n) is 1.46. The molecule has 0 saturated carbocycles. The van der Waals surface area contributed by atoms with Gasteiger partial charge in [0.25, 0.3) is 5.70 Å². The van der Waals surface area contributed by atoms with E-state index in [-0.39, 0.29) is 11.5 Å². The Bertz CT molecular complexity index is 255. The van der Waals surface area contributed by atoms with Gasteiger partial charge in [0, 0.05) is 5.70 Å². The van der Waals surface area contributed by atoms with Crippen molar-refractivity contribution in [3.8, 4) is 0 Å². The standard InChI is InChI=1S/C6H9N3O2/c1-4-2-3-5(9(10)11)6(7)8-4/h2,8H,3,7H2,1H3. The average molecular weight is 155 g/mol. The first-order valence-electron chi connectivity index (χ1n) is 3.18. The van der Waals surface area contributed by atoms with Crippen LogP contribution in [0, 0.1) is 10.1 Å². The molecule has 1 aliphatic heterocycles. The number of rotatable bonds is 1. The Balaban J connectivity index is 2.83. The maximum absolute atomic E-state index is 10.3. The zero-order chi connectivity index (χ0) is 8.43. The summed E-state index contributed by atoms with van der Waals surface area (Å²) in [6.45, 7) is 1.81. The quantitative estimate of drug-likeness (QED) is 0.421. The van der Waals surface area contributed by atoms with Gasteiger partial charge in [-0.25, -0.2) is 0 Å².